The summed E-state index contributed by atoms with van der Waals surface area (Å²) in [5.74, 6) is -2.79. The van der Waals surface area contributed by atoms with Gasteiger partial charge in [0.15, 0.2) is 0 Å². The average molecular weight is 712 g/mol. The van der Waals surface area contributed by atoms with Crippen LogP contribution in [0.5, 0.6) is 0 Å². The van der Waals surface area contributed by atoms with E-state index in [1.54, 1.807) is 20.8 Å². The molecule has 3 unspecified atom stereocenters. The van der Waals surface area contributed by atoms with Crippen molar-refractivity contribution in [3.8, 4) is 0 Å². The Kier molecular flexibility index (Phi) is 31.3. The minimum atomic E-state index is -0.798. The Hall–Kier alpha value is -3.97. The van der Waals surface area contributed by atoms with E-state index in [2.05, 4.69) is 33.2 Å². The van der Waals surface area contributed by atoms with Crippen LogP contribution < -0.4 is 26.6 Å². The van der Waals surface area contributed by atoms with Gasteiger partial charge in [0.25, 0.3) is 0 Å². The third-order valence-electron chi connectivity index (χ3n) is 7.46. The van der Waals surface area contributed by atoms with Crippen molar-refractivity contribution in [1.82, 2.24) is 36.4 Å². The van der Waals surface area contributed by atoms with Crippen molar-refractivity contribution >= 4 is 41.5 Å². The van der Waals surface area contributed by atoms with Gasteiger partial charge < -0.3 is 31.5 Å². The fourth-order valence-electron chi connectivity index (χ4n) is 4.67. The third-order valence-corrected chi connectivity index (χ3v) is 7.46. The molecular formula is C36H69N7O7. The van der Waals surface area contributed by atoms with Crippen LogP contribution in [0.15, 0.2) is 12.2 Å². The largest absolute Gasteiger partial charge is 0.354 e. The first-order valence-electron chi connectivity index (χ1n) is 18.6. The number of imide groups is 1. The second-order valence-corrected chi connectivity index (χ2v) is 10.7. The maximum atomic E-state index is 13.2. The molecule has 1 saturated heterocycles. The van der Waals surface area contributed by atoms with Crippen LogP contribution >= 0.6 is 0 Å². The average Bonchev–Trinajstić information content (AvgIpc) is 3.14. The molecule has 3 atom stereocenters. The molecule has 0 aromatic rings. The monoisotopic (exact) mass is 712 g/mol. The Balaban J connectivity index is -0.00000348. The van der Waals surface area contributed by atoms with Crippen LogP contribution in [0.3, 0.4) is 0 Å². The fourth-order valence-corrected chi connectivity index (χ4v) is 4.67. The molecule has 14 heteroatoms. The summed E-state index contributed by atoms with van der Waals surface area (Å²) in [5, 5.41) is 13.6. The topological polar surface area (TPSA) is 186 Å². The van der Waals surface area contributed by atoms with Crippen molar-refractivity contribution in [3.05, 3.63) is 12.2 Å². The number of hydrogen-bond acceptors (Lipinski definition) is 7. The van der Waals surface area contributed by atoms with Gasteiger partial charge in [0, 0.05) is 57.9 Å². The Morgan fingerprint density at radius 1 is 0.660 bits per heavy atom. The normalized spacial score (nSPS) is 20.6. The van der Waals surface area contributed by atoms with Crippen molar-refractivity contribution in [2.75, 3.05) is 39.3 Å². The van der Waals surface area contributed by atoms with Crippen LogP contribution in [0.4, 0.5) is 4.79 Å². The van der Waals surface area contributed by atoms with E-state index < -0.39 is 41.8 Å². The molecule has 5 N–H and O–H groups in total. The first-order valence-corrected chi connectivity index (χ1v) is 18.6. The summed E-state index contributed by atoms with van der Waals surface area (Å²) in [6, 6.07) is -1.97. The molecule has 14 nitrogen and oxygen atoms in total. The summed E-state index contributed by atoms with van der Waals surface area (Å²) in [5.41, 5.74) is 0.596. The molecular weight excluding hydrogens is 642 g/mol. The number of rotatable bonds is 5. The van der Waals surface area contributed by atoms with Gasteiger partial charge in [-0.3, -0.25) is 33.7 Å². The zero-order chi connectivity index (χ0) is 39.2. The number of carbonyl (C=O) groups excluding carboxylic acids is 7. The molecule has 0 aromatic heterocycles. The second kappa shape index (κ2) is 31.0. The van der Waals surface area contributed by atoms with E-state index in [1.807, 2.05) is 55.4 Å². The lowest BCUT2D eigenvalue weighted by Gasteiger charge is -2.28. The Bertz CT molecular complexity index is 1050. The van der Waals surface area contributed by atoms with Crippen LogP contribution in [0.1, 0.15) is 121 Å². The van der Waals surface area contributed by atoms with Crippen molar-refractivity contribution in [2.45, 2.75) is 133 Å². The summed E-state index contributed by atoms with van der Waals surface area (Å²) in [4.78, 5) is 91.4. The number of hydrogen-bond donors (Lipinski definition) is 5. The van der Waals surface area contributed by atoms with Gasteiger partial charge in [0.1, 0.15) is 6.04 Å². The van der Waals surface area contributed by atoms with Gasteiger partial charge in [0.2, 0.25) is 35.4 Å². The molecule has 0 radical (unpaired) electrons. The highest BCUT2D eigenvalue weighted by Crippen LogP contribution is 2.19. The number of amides is 8. The van der Waals surface area contributed by atoms with E-state index in [9.17, 15) is 33.6 Å². The van der Waals surface area contributed by atoms with E-state index in [0.29, 0.717) is 24.8 Å². The molecule has 0 aromatic carbocycles. The minimum Gasteiger partial charge on any atom is -0.354 e. The highest BCUT2D eigenvalue weighted by Gasteiger charge is 2.28. The van der Waals surface area contributed by atoms with Crippen molar-refractivity contribution in [3.63, 3.8) is 0 Å². The molecule has 8 amide bonds. The van der Waals surface area contributed by atoms with Gasteiger partial charge in [-0.15, -0.1) is 0 Å². The molecule has 1 heterocycles. The highest BCUT2D eigenvalue weighted by atomic mass is 16.2. The minimum absolute atomic E-state index is 0.00710. The predicted octanol–water partition coefficient (Wildman–Crippen LogP) is 3.65. The lowest BCUT2D eigenvalue weighted by atomic mass is 9.91. The van der Waals surface area contributed by atoms with Gasteiger partial charge >= 0.3 is 6.03 Å². The summed E-state index contributed by atoms with van der Waals surface area (Å²) in [7, 11) is 0. The van der Waals surface area contributed by atoms with Crippen molar-refractivity contribution < 1.29 is 33.6 Å². The maximum absolute atomic E-state index is 13.2. The molecule has 1 aliphatic rings. The summed E-state index contributed by atoms with van der Waals surface area (Å²) in [6.45, 7) is 24.7. The lowest BCUT2D eigenvalue weighted by Crippen LogP contribution is -2.51. The third kappa shape index (κ3) is 19.9. The molecule has 0 bridgehead atoms. The van der Waals surface area contributed by atoms with Crippen LogP contribution in [0, 0.1) is 5.92 Å². The molecule has 50 heavy (non-hydrogen) atoms. The van der Waals surface area contributed by atoms with E-state index >= 15 is 0 Å². The van der Waals surface area contributed by atoms with Crippen LogP contribution in [0.2, 0.25) is 0 Å². The first kappa shape index (κ1) is 50.4. The van der Waals surface area contributed by atoms with E-state index in [-0.39, 0.29) is 82.7 Å². The Labute approximate surface area is 301 Å². The molecule has 0 saturated carbocycles. The SMILES string of the molecule is C=C1CC(CC)C(=O)NC(CC)C(=O)NCCC(=O)NCCN(C(=O)CC)CC(=O)NCCN(C(=O)CC)C(=O)NC1CC.CC.CC.CC. The number of carbonyl (C=O) groups is 7. The molecule has 0 spiro atoms. The second-order valence-electron chi connectivity index (χ2n) is 10.7. The standard InChI is InChI=1S/C30H51N7O7.3C2H6/c1-7-21-18-20(6)22(8-2)35-30(44)37(27(41)11-5)17-15-32-25(39)19-36(26(40)10-4)16-14-31-24(38)12-13-33-29(43)23(9-3)34-28(21)42;3*1-2/h21-23H,6-19H2,1-5H3,(H,31,38)(H,32,39)(H,33,43)(H,34,42)(H,35,44);3*1-2H3. The number of urea groups is 1. The van der Waals surface area contributed by atoms with Gasteiger partial charge in [0.05, 0.1) is 12.6 Å². The lowest BCUT2D eigenvalue weighted by molar-refractivity contribution is -0.136. The molecule has 290 valence electrons. The highest BCUT2D eigenvalue weighted by molar-refractivity contribution is 5.94. The van der Waals surface area contributed by atoms with E-state index in [1.165, 1.54) is 4.90 Å². The van der Waals surface area contributed by atoms with Crippen molar-refractivity contribution in [1.29, 1.82) is 0 Å². The number of nitrogens with one attached hydrogen (secondary N) is 5. The van der Waals surface area contributed by atoms with Crippen LogP contribution in [-0.4, -0.2) is 103 Å². The predicted molar refractivity (Wildman–Crippen MR) is 199 cm³/mol. The van der Waals surface area contributed by atoms with Crippen molar-refractivity contribution in [2.24, 2.45) is 5.92 Å². The Morgan fingerprint density at radius 2 is 1.20 bits per heavy atom. The van der Waals surface area contributed by atoms with Crippen LogP contribution in [-0.2, 0) is 28.8 Å². The van der Waals surface area contributed by atoms with Gasteiger partial charge in [-0.1, -0.05) is 88.3 Å². The quantitative estimate of drug-likeness (QED) is 0.270. The Morgan fingerprint density at radius 3 is 1.72 bits per heavy atom. The number of nitrogens with zero attached hydrogens (tertiary/aromatic N) is 2. The summed E-state index contributed by atoms with van der Waals surface area (Å²) < 4.78 is 0. The maximum Gasteiger partial charge on any atom is 0.324 e. The molecule has 1 fully saturated rings. The summed E-state index contributed by atoms with van der Waals surface area (Å²) in [6.07, 6.45) is 1.73. The van der Waals surface area contributed by atoms with Gasteiger partial charge in [-0.05, 0) is 25.7 Å². The van der Waals surface area contributed by atoms with Gasteiger partial charge in [-0.2, -0.15) is 0 Å². The van der Waals surface area contributed by atoms with Gasteiger partial charge in [-0.25, -0.2) is 4.79 Å². The van der Waals surface area contributed by atoms with E-state index in [0.717, 1.165) is 4.90 Å². The molecule has 0 aliphatic carbocycles. The van der Waals surface area contributed by atoms with E-state index in [4.69, 9.17) is 0 Å². The fraction of sp³-hybridized carbons (Fsp3) is 0.750. The smallest absolute Gasteiger partial charge is 0.324 e. The summed E-state index contributed by atoms with van der Waals surface area (Å²) >= 11 is 0. The van der Waals surface area contributed by atoms with Crippen LogP contribution in [0.25, 0.3) is 0 Å². The molecule has 1 rings (SSSR count). The zero-order valence-corrected chi connectivity index (χ0v) is 32.9. The molecule has 1 aliphatic heterocycles. The first-order chi connectivity index (χ1) is 23.9. The zero-order valence-electron chi connectivity index (χ0n) is 32.9.